The van der Waals surface area contributed by atoms with E-state index >= 15 is 0 Å². The number of carbonyl (C=O) groups excluding carboxylic acids is 1. The number of halogens is 2. The van der Waals surface area contributed by atoms with Crippen LogP contribution in [0.4, 0.5) is 8.78 Å². The predicted molar refractivity (Wildman–Crippen MR) is 138 cm³/mol. The summed E-state index contributed by atoms with van der Waals surface area (Å²) in [5.74, 6) is -2.78. The van der Waals surface area contributed by atoms with Crippen molar-refractivity contribution in [1.82, 2.24) is 4.90 Å². The van der Waals surface area contributed by atoms with Crippen molar-refractivity contribution in [1.29, 1.82) is 0 Å². The van der Waals surface area contributed by atoms with Gasteiger partial charge in [-0.15, -0.1) is 0 Å². The summed E-state index contributed by atoms with van der Waals surface area (Å²) in [7, 11) is 0. The average Bonchev–Trinajstić information content (AvgIpc) is 3.11. The van der Waals surface area contributed by atoms with Gasteiger partial charge in [-0.3, -0.25) is 14.5 Å². The molecule has 36 heavy (non-hydrogen) atoms. The fraction of sp³-hybridized carbons (Fsp3) is 0.148. The molecule has 5 nitrogen and oxygen atoms in total. The second-order valence-corrected chi connectivity index (χ2v) is 9.73. The van der Waals surface area contributed by atoms with E-state index in [1.807, 2.05) is 42.5 Å². The Labute approximate surface area is 216 Å². The minimum atomic E-state index is -1.14. The fourth-order valence-electron chi connectivity index (χ4n) is 3.63. The van der Waals surface area contributed by atoms with Gasteiger partial charge in [0.2, 0.25) is 0 Å². The minimum absolute atomic E-state index is 0.192. The molecule has 3 aromatic carbocycles. The smallest absolute Gasteiger partial charge is 0.323 e. The molecule has 1 amide bonds. The Kier molecular flexibility index (Phi) is 8.12. The summed E-state index contributed by atoms with van der Waals surface area (Å²) >= 11 is 6.21. The summed E-state index contributed by atoms with van der Waals surface area (Å²) in [5, 5.41) is 9.03. The van der Waals surface area contributed by atoms with E-state index in [1.54, 1.807) is 18.2 Å². The third kappa shape index (κ3) is 6.35. The SMILES string of the molecule is O=C(O)CN1C(=O)/C(=C/c2ccc(CCc3ccc(F)c(F)c3)c(OCc3ccccc3)c2)SC1=S. The first-order chi connectivity index (χ1) is 17.3. The minimum Gasteiger partial charge on any atom is -0.489 e. The largest absolute Gasteiger partial charge is 0.489 e. The number of nitrogens with zero attached hydrogens (tertiary/aromatic N) is 1. The van der Waals surface area contributed by atoms with Gasteiger partial charge in [-0.2, -0.15) is 0 Å². The zero-order valence-electron chi connectivity index (χ0n) is 18.9. The van der Waals surface area contributed by atoms with Gasteiger partial charge in [-0.05, 0) is 59.4 Å². The Balaban J connectivity index is 1.58. The number of amides is 1. The molecule has 9 heteroatoms. The van der Waals surface area contributed by atoms with Gasteiger partial charge in [0, 0.05) is 0 Å². The van der Waals surface area contributed by atoms with Crippen LogP contribution in [0.3, 0.4) is 0 Å². The molecule has 1 N–H and O–H groups in total. The van der Waals surface area contributed by atoms with E-state index in [0.29, 0.717) is 41.2 Å². The number of aryl methyl sites for hydroxylation is 2. The number of aliphatic carboxylic acids is 1. The summed E-state index contributed by atoms with van der Waals surface area (Å²) in [6.07, 6.45) is 2.65. The van der Waals surface area contributed by atoms with Crippen LogP contribution in [0.2, 0.25) is 0 Å². The molecule has 0 atom stereocenters. The monoisotopic (exact) mass is 525 g/mol. The van der Waals surface area contributed by atoms with Crippen LogP contribution in [-0.2, 0) is 29.0 Å². The molecule has 0 bridgehead atoms. The number of thiocarbonyl (C=S) groups is 1. The third-order valence-corrected chi connectivity index (χ3v) is 6.84. The lowest BCUT2D eigenvalue weighted by Crippen LogP contribution is -2.33. The maximum absolute atomic E-state index is 13.6. The topological polar surface area (TPSA) is 66.8 Å². The molecule has 0 radical (unpaired) electrons. The highest BCUT2D eigenvalue weighted by Gasteiger charge is 2.33. The molecule has 0 aliphatic carbocycles. The van der Waals surface area contributed by atoms with Crippen molar-refractivity contribution in [2.75, 3.05) is 6.54 Å². The summed E-state index contributed by atoms with van der Waals surface area (Å²) < 4.78 is 33.2. The van der Waals surface area contributed by atoms with Crippen LogP contribution in [0.25, 0.3) is 6.08 Å². The van der Waals surface area contributed by atoms with Crippen molar-refractivity contribution in [3.05, 3.63) is 106 Å². The Morgan fingerprint density at radius 2 is 1.78 bits per heavy atom. The lowest BCUT2D eigenvalue weighted by atomic mass is 10.0. The van der Waals surface area contributed by atoms with Crippen LogP contribution >= 0.6 is 24.0 Å². The van der Waals surface area contributed by atoms with E-state index < -0.39 is 30.1 Å². The lowest BCUT2D eigenvalue weighted by Gasteiger charge is -2.13. The molecule has 184 valence electrons. The first-order valence-electron chi connectivity index (χ1n) is 11.0. The second kappa shape index (κ2) is 11.5. The third-order valence-electron chi connectivity index (χ3n) is 5.46. The van der Waals surface area contributed by atoms with E-state index in [-0.39, 0.29) is 4.32 Å². The summed E-state index contributed by atoms with van der Waals surface area (Å²) in [6, 6.07) is 19.0. The number of carboxylic acids is 1. The summed E-state index contributed by atoms with van der Waals surface area (Å²) in [4.78, 5) is 25.0. The van der Waals surface area contributed by atoms with Crippen molar-refractivity contribution in [3.63, 3.8) is 0 Å². The number of carboxylic acid groups (broad SMARTS) is 1. The van der Waals surface area contributed by atoms with Crippen molar-refractivity contribution >= 4 is 46.3 Å². The highest BCUT2D eigenvalue weighted by atomic mass is 32.2. The van der Waals surface area contributed by atoms with Gasteiger partial charge >= 0.3 is 5.97 Å². The molecule has 4 rings (SSSR count). The summed E-state index contributed by atoms with van der Waals surface area (Å²) in [6.45, 7) is -0.167. The van der Waals surface area contributed by atoms with Gasteiger partial charge in [0.1, 0.15) is 23.2 Å². The van der Waals surface area contributed by atoms with Crippen LogP contribution in [0, 0.1) is 11.6 Å². The maximum Gasteiger partial charge on any atom is 0.323 e. The van der Waals surface area contributed by atoms with Gasteiger partial charge < -0.3 is 9.84 Å². The molecule has 3 aromatic rings. The molecule has 1 aliphatic rings. The van der Waals surface area contributed by atoms with Crippen molar-refractivity contribution in [2.45, 2.75) is 19.4 Å². The quantitative estimate of drug-likeness (QED) is 0.289. The lowest BCUT2D eigenvalue weighted by molar-refractivity contribution is -0.140. The fourth-order valence-corrected chi connectivity index (χ4v) is 4.89. The molecule has 0 aromatic heterocycles. The molecule has 0 unspecified atom stereocenters. The zero-order valence-corrected chi connectivity index (χ0v) is 20.6. The van der Waals surface area contributed by atoms with E-state index in [2.05, 4.69) is 0 Å². The molecule has 1 heterocycles. The first kappa shape index (κ1) is 25.5. The van der Waals surface area contributed by atoms with Crippen LogP contribution < -0.4 is 4.74 Å². The number of thioether (sulfide) groups is 1. The maximum atomic E-state index is 13.6. The van der Waals surface area contributed by atoms with Crippen molar-refractivity contribution in [2.24, 2.45) is 0 Å². The number of ether oxygens (including phenoxy) is 1. The zero-order chi connectivity index (χ0) is 25.7. The highest BCUT2D eigenvalue weighted by molar-refractivity contribution is 8.26. The Bertz CT molecular complexity index is 1340. The van der Waals surface area contributed by atoms with Crippen LogP contribution in [0.5, 0.6) is 5.75 Å². The molecular weight excluding hydrogens is 504 g/mol. The normalized spacial score (nSPS) is 14.5. The van der Waals surface area contributed by atoms with Crippen molar-refractivity contribution < 1.29 is 28.2 Å². The van der Waals surface area contributed by atoms with Gasteiger partial charge in [0.15, 0.2) is 11.6 Å². The Morgan fingerprint density at radius 3 is 2.50 bits per heavy atom. The highest BCUT2D eigenvalue weighted by Crippen LogP contribution is 2.33. The van der Waals surface area contributed by atoms with Gasteiger partial charge in [-0.25, -0.2) is 8.78 Å². The van der Waals surface area contributed by atoms with Gasteiger partial charge in [-0.1, -0.05) is 72.5 Å². The summed E-state index contributed by atoms with van der Waals surface area (Å²) in [5.41, 5.74) is 3.19. The van der Waals surface area contributed by atoms with Crippen LogP contribution in [0.1, 0.15) is 22.3 Å². The Hall–Kier alpha value is -3.56. The van der Waals surface area contributed by atoms with E-state index in [1.165, 1.54) is 6.07 Å². The molecule has 1 aliphatic heterocycles. The standard InChI is InChI=1S/C27H21F2NO4S2/c28-21-11-8-17(12-22(21)29)6-9-20-10-7-19(13-23(20)34-16-18-4-2-1-3-5-18)14-24-26(33)30(15-25(31)32)27(35)36-24/h1-5,7-8,10-14H,6,9,15-16H2,(H,31,32)/b24-14-. The number of rotatable bonds is 9. The molecule has 1 fully saturated rings. The average molecular weight is 526 g/mol. The second-order valence-electron chi connectivity index (χ2n) is 8.05. The number of hydrogen-bond donors (Lipinski definition) is 1. The van der Waals surface area contributed by atoms with Gasteiger partial charge in [0.05, 0.1) is 4.91 Å². The number of carbonyl (C=O) groups is 2. The van der Waals surface area contributed by atoms with E-state index in [9.17, 15) is 18.4 Å². The van der Waals surface area contributed by atoms with E-state index in [4.69, 9.17) is 22.1 Å². The van der Waals surface area contributed by atoms with E-state index in [0.717, 1.165) is 33.9 Å². The van der Waals surface area contributed by atoms with Crippen LogP contribution in [-0.4, -0.2) is 32.7 Å². The molecular formula is C27H21F2NO4S2. The molecule has 0 spiro atoms. The first-order valence-corrected chi connectivity index (χ1v) is 12.2. The van der Waals surface area contributed by atoms with Crippen molar-refractivity contribution in [3.8, 4) is 5.75 Å². The molecule has 1 saturated heterocycles. The number of benzene rings is 3. The Morgan fingerprint density at radius 1 is 1.00 bits per heavy atom. The predicted octanol–water partition coefficient (Wildman–Crippen LogP) is 5.61. The van der Waals surface area contributed by atoms with Gasteiger partial charge in [0.25, 0.3) is 5.91 Å². The molecule has 0 saturated carbocycles. The van der Waals surface area contributed by atoms with Crippen LogP contribution in [0.15, 0.2) is 71.6 Å². The number of hydrogen-bond acceptors (Lipinski definition) is 5.